The van der Waals surface area contributed by atoms with E-state index in [1.165, 1.54) is 13.8 Å². The summed E-state index contributed by atoms with van der Waals surface area (Å²) in [5.74, 6) is -2.36. The van der Waals surface area contributed by atoms with Crippen LogP contribution < -0.4 is 0 Å². The Hall–Kier alpha value is -1.27. The second-order valence-electron chi connectivity index (χ2n) is 4.07. The van der Waals surface area contributed by atoms with Crippen molar-refractivity contribution in [2.75, 3.05) is 0 Å². The van der Waals surface area contributed by atoms with Gasteiger partial charge in [0.2, 0.25) is 0 Å². The molecule has 0 heterocycles. The average molecular weight is 274 g/mol. The number of rotatable bonds is 1. The number of halogens is 7. The fraction of sp³-hybridized carbons (Fsp3) is 0.455. The monoisotopic (exact) mass is 274 g/mol. The highest BCUT2D eigenvalue weighted by molar-refractivity contribution is 5.38. The maximum Gasteiger partial charge on any atom is 0.416 e. The Balaban J connectivity index is 3.58. The minimum atomic E-state index is -5.03. The normalized spacial score (nSPS) is 13.2. The Morgan fingerprint density at radius 2 is 1.39 bits per heavy atom. The Bertz CT molecular complexity index is 440. The molecule has 0 amide bonds. The molecule has 0 aliphatic carbocycles. The third kappa shape index (κ3) is 2.94. The molecule has 0 atom stereocenters. The van der Waals surface area contributed by atoms with E-state index in [-0.39, 0.29) is 12.1 Å². The molecule has 18 heavy (non-hydrogen) atoms. The zero-order chi connectivity index (χ0) is 14.3. The maximum atomic E-state index is 13.4. The first-order chi connectivity index (χ1) is 7.94. The molecule has 102 valence electrons. The van der Waals surface area contributed by atoms with E-state index in [4.69, 9.17) is 0 Å². The fourth-order valence-electron chi connectivity index (χ4n) is 1.60. The van der Waals surface area contributed by atoms with Crippen molar-refractivity contribution in [3.05, 3.63) is 34.6 Å². The molecule has 0 unspecified atom stereocenters. The number of hydrogen-bond acceptors (Lipinski definition) is 0. The van der Waals surface area contributed by atoms with Crippen molar-refractivity contribution >= 4 is 0 Å². The quantitative estimate of drug-likeness (QED) is 0.633. The number of benzene rings is 1. The second kappa shape index (κ2) is 4.44. The van der Waals surface area contributed by atoms with E-state index in [9.17, 15) is 30.7 Å². The molecule has 0 bridgehead atoms. The van der Waals surface area contributed by atoms with Crippen molar-refractivity contribution in [2.45, 2.75) is 32.1 Å². The van der Waals surface area contributed by atoms with E-state index in [0.29, 0.717) is 0 Å². The molecule has 1 aromatic carbocycles. The van der Waals surface area contributed by atoms with E-state index < -0.39 is 40.8 Å². The molecular weight excluding hydrogens is 265 g/mol. The SMILES string of the molecule is CC(C)c1c(F)cc(C(F)(F)F)cc1C(F)(F)F. The lowest BCUT2D eigenvalue weighted by molar-refractivity contribution is -0.143. The van der Waals surface area contributed by atoms with Crippen LogP contribution in [0.3, 0.4) is 0 Å². The molecule has 0 saturated heterocycles. The highest BCUT2D eigenvalue weighted by Gasteiger charge is 2.40. The van der Waals surface area contributed by atoms with Crippen molar-refractivity contribution in [1.82, 2.24) is 0 Å². The van der Waals surface area contributed by atoms with E-state index in [1.54, 1.807) is 0 Å². The summed E-state index contributed by atoms with van der Waals surface area (Å²) in [5, 5.41) is 0. The fourth-order valence-corrected chi connectivity index (χ4v) is 1.60. The summed E-state index contributed by atoms with van der Waals surface area (Å²) in [6, 6.07) is 0.0307. The van der Waals surface area contributed by atoms with Crippen LogP contribution >= 0.6 is 0 Å². The Morgan fingerprint density at radius 1 is 0.889 bits per heavy atom. The minimum Gasteiger partial charge on any atom is -0.207 e. The molecule has 0 N–H and O–H groups in total. The van der Waals surface area contributed by atoms with Crippen LogP contribution in [0.15, 0.2) is 12.1 Å². The van der Waals surface area contributed by atoms with E-state index in [1.807, 2.05) is 0 Å². The first kappa shape index (κ1) is 14.8. The second-order valence-corrected chi connectivity index (χ2v) is 4.07. The maximum absolute atomic E-state index is 13.4. The zero-order valence-electron chi connectivity index (χ0n) is 9.38. The summed E-state index contributed by atoms with van der Waals surface area (Å²) in [7, 11) is 0. The Labute approximate surface area is 98.4 Å². The van der Waals surface area contributed by atoms with Crippen LogP contribution in [0.1, 0.15) is 36.5 Å². The molecule has 0 radical (unpaired) electrons. The predicted octanol–water partition coefficient (Wildman–Crippen LogP) is 4.99. The Kier molecular flexibility index (Phi) is 3.65. The molecular formula is C11H9F7. The van der Waals surface area contributed by atoms with Gasteiger partial charge in [-0.3, -0.25) is 0 Å². The number of alkyl halides is 6. The van der Waals surface area contributed by atoms with Gasteiger partial charge in [0.1, 0.15) is 5.82 Å². The molecule has 0 aromatic heterocycles. The van der Waals surface area contributed by atoms with E-state index >= 15 is 0 Å². The number of hydrogen-bond donors (Lipinski definition) is 0. The smallest absolute Gasteiger partial charge is 0.207 e. The predicted molar refractivity (Wildman–Crippen MR) is 50.5 cm³/mol. The van der Waals surface area contributed by atoms with Crippen LogP contribution in [0.25, 0.3) is 0 Å². The van der Waals surface area contributed by atoms with Gasteiger partial charge in [0.25, 0.3) is 0 Å². The zero-order valence-corrected chi connectivity index (χ0v) is 9.38. The first-order valence-corrected chi connectivity index (χ1v) is 4.92. The van der Waals surface area contributed by atoms with E-state index in [2.05, 4.69) is 0 Å². The van der Waals surface area contributed by atoms with Gasteiger partial charge < -0.3 is 0 Å². The lowest BCUT2D eigenvalue weighted by atomic mass is 9.94. The van der Waals surface area contributed by atoms with Gasteiger partial charge in [0.05, 0.1) is 11.1 Å². The van der Waals surface area contributed by atoms with Gasteiger partial charge in [-0.05, 0) is 18.1 Å². The van der Waals surface area contributed by atoms with Gasteiger partial charge in [-0.2, -0.15) is 26.3 Å². The topological polar surface area (TPSA) is 0 Å². The molecule has 0 nitrogen and oxygen atoms in total. The van der Waals surface area contributed by atoms with Gasteiger partial charge in [-0.25, -0.2) is 4.39 Å². The standard InChI is InChI=1S/C11H9F7/c1-5(2)9-7(11(16,17)18)3-6(4-8(9)12)10(13,14)15/h3-5H,1-2H3. The van der Waals surface area contributed by atoms with E-state index in [0.717, 1.165) is 0 Å². The van der Waals surface area contributed by atoms with Gasteiger partial charge in [-0.1, -0.05) is 13.8 Å². The van der Waals surface area contributed by atoms with Crippen molar-refractivity contribution in [3.63, 3.8) is 0 Å². The summed E-state index contributed by atoms with van der Waals surface area (Å²) in [6.07, 6.45) is -10.0. The highest BCUT2D eigenvalue weighted by Crippen LogP contribution is 2.40. The van der Waals surface area contributed by atoms with Crippen LogP contribution in [-0.4, -0.2) is 0 Å². The Morgan fingerprint density at radius 3 is 1.72 bits per heavy atom. The van der Waals surface area contributed by atoms with Crippen LogP contribution in [0.5, 0.6) is 0 Å². The molecule has 0 spiro atoms. The molecule has 0 fully saturated rings. The van der Waals surface area contributed by atoms with Gasteiger partial charge in [0, 0.05) is 5.56 Å². The van der Waals surface area contributed by atoms with Gasteiger partial charge >= 0.3 is 12.4 Å². The largest absolute Gasteiger partial charge is 0.416 e. The summed E-state index contributed by atoms with van der Waals surface area (Å²) < 4.78 is 88.3. The van der Waals surface area contributed by atoms with Crippen LogP contribution in [-0.2, 0) is 12.4 Å². The summed E-state index contributed by atoms with van der Waals surface area (Å²) >= 11 is 0. The van der Waals surface area contributed by atoms with Gasteiger partial charge in [0.15, 0.2) is 0 Å². The first-order valence-electron chi connectivity index (χ1n) is 4.92. The van der Waals surface area contributed by atoms with Crippen molar-refractivity contribution < 1.29 is 30.7 Å². The lowest BCUT2D eigenvalue weighted by Crippen LogP contribution is -2.16. The molecule has 0 aliphatic rings. The van der Waals surface area contributed by atoms with Crippen LogP contribution in [0.4, 0.5) is 30.7 Å². The summed E-state index contributed by atoms with van der Waals surface area (Å²) in [6.45, 7) is 2.56. The van der Waals surface area contributed by atoms with Crippen molar-refractivity contribution in [3.8, 4) is 0 Å². The third-order valence-electron chi connectivity index (χ3n) is 2.34. The molecule has 7 heteroatoms. The third-order valence-corrected chi connectivity index (χ3v) is 2.34. The highest BCUT2D eigenvalue weighted by atomic mass is 19.4. The molecule has 1 rings (SSSR count). The van der Waals surface area contributed by atoms with Crippen LogP contribution in [0.2, 0.25) is 0 Å². The molecule has 1 aromatic rings. The van der Waals surface area contributed by atoms with Crippen LogP contribution in [0, 0.1) is 5.82 Å². The minimum absolute atomic E-state index is 0.0571. The van der Waals surface area contributed by atoms with Gasteiger partial charge in [-0.15, -0.1) is 0 Å². The van der Waals surface area contributed by atoms with Crippen molar-refractivity contribution in [2.24, 2.45) is 0 Å². The molecule has 0 saturated carbocycles. The van der Waals surface area contributed by atoms with Crippen molar-refractivity contribution in [1.29, 1.82) is 0 Å². The lowest BCUT2D eigenvalue weighted by Gasteiger charge is -2.18. The average Bonchev–Trinajstić information content (AvgIpc) is 2.12. The summed E-state index contributed by atoms with van der Waals surface area (Å²) in [4.78, 5) is 0. The summed E-state index contributed by atoms with van der Waals surface area (Å²) in [5.41, 5.74) is -3.97. The molecule has 0 aliphatic heterocycles.